The smallest absolute Gasteiger partial charge is 0.339 e. The molecule has 1 aromatic carbocycles. The molecule has 0 aromatic heterocycles. The van der Waals surface area contributed by atoms with Crippen molar-refractivity contribution in [3.05, 3.63) is 33.4 Å². The highest BCUT2D eigenvalue weighted by Gasteiger charge is 2.35. The van der Waals surface area contributed by atoms with Crippen molar-refractivity contribution in [3.8, 4) is 0 Å². The molecule has 0 amide bonds. The highest BCUT2D eigenvalue weighted by Crippen LogP contribution is 2.38. The molecule has 0 saturated heterocycles. The lowest BCUT2D eigenvalue weighted by molar-refractivity contribution is 0.0473. The number of carbonyl (C=O) groups is 2. The molecule has 3 rings (SSSR count). The minimum Gasteiger partial charge on any atom is -0.462 e. The Labute approximate surface area is 128 Å². The molecule has 0 fully saturated rings. The van der Waals surface area contributed by atoms with Gasteiger partial charge < -0.3 is 18.9 Å². The lowest BCUT2D eigenvalue weighted by Crippen LogP contribution is -2.20. The van der Waals surface area contributed by atoms with Gasteiger partial charge in [-0.25, -0.2) is 9.59 Å². The van der Waals surface area contributed by atoms with E-state index in [1.807, 2.05) is 0 Å². The fraction of sp³-hybridized carbons (Fsp3) is 0.500. The van der Waals surface area contributed by atoms with E-state index in [1.54, 1.807) is 13.8 Å². The zero-order valence-electron chi connectivity index (χ0n) is 12.7. The predicted molar refractivity (Wildman–Crippen MR) is 75.3 cm³/mol. The third-order valence-corrected chi connectivity index (χ3v) is 3.89. The van der Waals surface area contributed by atoms with Crippen molar-refractivity contribution in [2.45, 2.75) is 40.3 Å². The molecular weight excluding hydrogens is 288 g/mol. The zero-order chi connectivity index (χ0) is 15.7. The van der Waals surface area contributed by atoms with Gasteiger partial charge in [0.2, 0.25) is 0 Å². The van der Waals surface area contributed by atoms with Crippen LogP contribution in [0.2, 0.25) is 0 Å². The molecule has 6 nitrogen and oxygen atoms in total. The third-order valence-electron chi connectivity index (χ3n) is 3.89. The van der Waals surface area contributed by atoms with Crippen LogP contribution in [-0.2, 0) is 45.4 Å². The number of hydrogen-bond acceptors (Lipinski definition) is 6. The monoisotopic (exact) mass is 306 g/mol. The first kappa shape index (κ1) is 15.0. The maximum atomic E-state index is 12.4. The van der Waals surface area contributed by atoms with Gasteiger partial charge in [0.25, 0.3) is 0 Å². The Bertz CT molecular complexity index is 579. The van der Waals surface area contributed by atoms with E-state index in [1.165, 1.54) is 0 Å². The topological polar surface area (TPSA) is 71.1 Å². The fourth-order valence-corrected chi connectivity index (χ4v) is 3.00. The van der Waals surface area contributed by atoms with Gasteiger partial charge in [-0.3, -0.25) is 0 Å². The van der Waals surface area contributed by atoms with Crippen LogP contribution in [0.1, 0.15) is 56.8 Å². The van der Waals surface area contributed by atoms with Gasteiger partial charge in [0.1, 0.15) is 0 Å². The zero-order valence-corrected chi connectivity index (χ0v) is 12.7. The first-order chi connectivity index (χ1) is 10.7. The number of ether oxygens (including phenoxy) is 4. The Hall–Kier alpha value is -1.92. The van der Waals surface area contributed by atoms with Crippen LogP contribution < -0.4 is 0 Å². The van der Waals surface area contributed by atoms with Crippen LogP contribution in [0.25, 0.3) is 0 Å². The number of esters is 2. The van der Waals surface area contributed by atoms with Crippen molar-refractivity contribution in [1.29, 1.82) is 0 Å². The average Bonchev–Trinajstić information content (AvgIpc) is 3.14. The lowest BCUT2D eigenvalue weighted by atomic mass is 9.89. The van der Waals surface area contributed by atoms with E-state index < -0.39 is 11.9 Å². The molecule has 0 N–H and O–H groups in total. The molecule has 0 unspecified atom stereocenters. The Morgan fingerprint density at radius 1 is 0.773 bits per heavy atom. The second-order valence-electron chi connectivity index (χ2n) is 5.09. The van der Waals surface area contributed by atoms with Gasteiger partial charge in [0.05, 0.1) is 50.8 Å². The van der Waals surface area contributed by atoms with Crippen LogP contribution in [0.15, 0.2) is 0 Å². The summed E-state index contributed by atoms with van der Waals surface area (Å²) in [5.74, 6) is -1.02. The largest absolute Gasteiger partial charge is 0.462 e. The molecule has 6 heteroatoms. The van der Waals surface area contributed by atoms with Gasteiger partial charge >= 0.3 is 11.9 Å². The molecule has 0 atom stereocenters. The second kappa shape index (κ2) is 6.06. The van der Waals surface area contributed by atoms with Crippen molar-refractivity contribution < 1.29 is 28.5 Å². The van der Waals surface area contributed by atoms with Crippen LogP contribution in [-0.4, -0.2) is 25.2 Å². The van der Waals surface area contributed by atoms with Crippen LogP contribution in [0.3, 0.4) is 0 Å². The van der Waals surface area contributed by atoms with Gasteiger partial charge in [-0.2, -0.15) is 0 Å². The summed E-state index contributed by atoms with van der Waals surface area (Å²) in [5, 5.41) is 0. The molecule has 2 aliphatic rings. The first-order valence-electron chi connectivity index (χ1n) is 7.38. The fourth-order valence-electron chi connectivity index (χ4n) is 3.00. The van der Waals surface area contributed by atoms with E-state index >= 15 is 0 Å². The van der Waals surface area contributed by atoms with E-state index in [4.69, 9.17) is 18.9 Å². The molecule has 0 aliphatic carbocycles. The number of fused-ring (bicyclic) bond motifs is 3. The molecule has 2 aliphatic heterocycles. The average molecular weight is 306 g/mol. The van der Waals surface area contributed by atoms with Crippen molar-refractivity contribution in [3.63, 3.8) is 0 Å². The highest BCUT2D eigenvalue weighted by molar-refractivity contribution is 6.06. The summed E-state index contributed by atoms with van der Waals surface area (Å²) >= 11 is 0. The van der Waals surface area contributed by atoms with E-state index in [-0.39, 0.29) is 24.3 Å². The first-order valence-corrected chi connectivity index (χ1v) is 7.38. The van der Waals surface area contributed by atoms with E-state index in [2.05, 4.69) is 0 Å². The number of rotatable bonds is 4. The summed E-state index contributed by atoms with van der Waals surface area (Å²) in [5.41, 5.74) is 3.90. The third kappa shape index (κ3) is 2.28. The van der Waals surface area contributed by atoms with Crippen molar-refractivity contribution in [2.75, 3.05) is 13.2 Å². The SMILES string of the molecule is CCOC(=O)c1c2c(c3c(c1C(=O)OCC)COC3)COC2. The Kier molecular flexibility index (Phi) is 4.13. The van der Waals surface area contributed by atoms with Crippen LogP contribution in [0, 0.1) is 0 Å². The maximum absolute atomic E-state index is 12.4. The van der Waals surface area contributed by atoms with Gasteiger partial charge in [0, 0.05) is 0 Å². The minimum absolute atomic E-state index is 0.240. The molecule has 118 valence electrons. The van der Waals surface area contributed by atoms with Gasteiger partial charge in [-0.1, -0.05) is 0 Å². The Balaban J connectivity index is 2.23. The van der Waals surface area contributed by atoms with Crippen LogP contribution in [0.5, 0.6) is 0 Å². The summed E-state index contributed by atoms with van der Waals surface area (Å²) in [4.78, 5) is 24.8. The van der Waals surface area contributed by atoms with Gasteiger partial charge in [-0.05, 0) is 36.1 Å². The number of carbonyl (C=O) groups excluding carboxylic acids is 2. The Morgan fingerprint density at radius 3 is 1.50 bits per heavy atom. The lowest BCUT2D eigenvalue weighted by Gasteiger charge is -2.16. The Morgan fingerprint density at radius 2 is 1.14 bits per heavy atom. The number of benzene rings is 1. The summed E-state index contributed by atoms with van der Waals surface area (Å²) < 4.78 is 21.3. The summed E-state index contributed by atoms with van der Waals surface area (Å²) in [6.45, 7) is 5.39. The van der Waals surface area contributed by atoms with Crippen LogP contribution >= 0.6 is 0 Å². The van der Waals surface area contributed by atoms with Crippen molar-refractivity contribution in [2.24, 2.45) is 0 Å². The van der Waals surface area contributed by atoms with Crippen LogP contribution in [0.4, 0.5) is 0 Å². The second-order valence-corrected chi connectivity index (χ2v) is 5.09. The van der Waals surface area contributed by atoms with Crippen molar-refractivity contribution in [1.82, 2.24) is 0 Å². The predicted octanol–water partition coefficient (Wildman–Crippen LogP) is 2.10. The quantitative estimate of drug-likeness (QED) is 0.793. The maximum Gasteiger partial charge on any atom is 0.339 e. The molecule has 1 aromatic rings. The molecule has 22 heavy (non-hydrogen) atoms. The molecule has 0 radical (unpaired) electrons. The molecular formula is C16H18O6. The van der Waals surface area contributed by atoms with Gasteiger partial charge in [0.15, 0.2) is 0 Å². The van der Waals surface area contributed by atoms with E-state index in [0.717, 1.165) is 22.3 Å². The molecule has 2 heterocycles. The molecule has 0 spiro atoms. The van der Waals surface area contributed by atoms with E-state index in [0.29, 0.717) is 26.4 Å². The van der Waals surface area contributed by atoms with Gasteiger partial charge in [-0.15, -0.1) is 0 Å². The van der Waals surface area contributed by atoms with Crippen molar-refractivity contribution >= 4 is 11.9 Å². The standard InChI is InChI=1S/C16H18O6/c1-3-21-15(17)13-11-7-19-5-9(11)10-6-20-8-12(10)14(13)16(18)22-4-2/h3-8H2,1-2H3. The highest BCUT2D eigenvalue weighted by atomic mass is 16.5. The molecule has 0 bridgehead atoms. The summed E-state index contributed by atoms with van der Waals surface area (Å²) in [7, 11) is 0. The summed E-state index contributed by atoms with van der Waals surface area (Å²) in [6, 6.07) is 0. The number of hydrogen-bond donors (Lipinski definition) is 0. The normalized spacial score (nSPS) is 15.4. The van der Waals surface area contributed by atoms with E-state index in [9.17, 15) is 9.59 Å². The summed E-state index contributed by atoms with van der Waals surface area (Å²) in [6.07, 6.45) is 0. The minimum atomic E-state index is -0.512. The molecule has 0 saturated carbocycles.